The zero-order valence-electron chi connectivity index (χ0n) is 6.40. The maximum Gasteiger partial charge on any atom is 0.0246 e. The number of rotatable bonds is 0. The first-order chi connectivity index (χ1) is 3.61. The molecule has 1 atom stereocenters. The third kappa shape index (κ3) is 1.15. The lowest BCUT2D eigenvalue weighted by Crippen LogP contribution is -2.39. The Balaban J connectivity index is 0.000000640. The Morgan fingerprint density at radius 3 is 2.67 bits per heavy atom. The quantitative estimate of drug-likeness (QED) is 0.486. The number of hydrogen-bond donors (Lipinski definition) is 1. The predicted octanol–water partition coefficient (Wildman–Crippen LogP) is 0.790. The van der Waals surface area contributed by atoms with E-state index >= 15 is 0 Å². The molecule has 6 heavy (non-hydrogen) atoms. The zero-order valence-corrected chi connectivity index (χ0v) is 4.22. The minimum Gasteiger partial charge on any atom is -0.314 e. The smallest absolute Gasteiger partial charge is 0.0246 e. The van der Waals surface area contributed by atoms with Crippen molar-refractivity contribution in [3.8, 4) is 0 Å². The van der Waals surface area contributed by atoms with Crippen molar-refractivity contribution in [1.29, 1.82) is 0 Å². The summed E-state index contributed by atoms with van der Waals surface area (Å²) in [4.78, 5) is 0. The van der Waals surface area contributed by atoms with Crippen LogP contribution in [0.2, 0.25) is 0 Å². The van der Waals surface area contributed by atoms with Gasteiger partial charge in [0.15, 0.2) is 0 Å². The summed E-state index contributed by atoms with van der Waals surface area (Å²) in [5.74, 6) is 0. The molecule has 1 aliphatic rings. The van der Waals surface area contributed by atoms with Gasteiger partial charge < -0.3 is 5.32 Å². The van der Waals surface area contributed by atoms with Crippen LogP contribution < -0.4 is 5.32 Å². The minimum absolute atomic E-state index is 0. The predicted molar refractivity (Wildman–Crippen MR) is 29.3 cm³/mol. The van der Waals surface area contributed by atoms with E-state index in [0.29, 0.717) is 0 Å². The van der Waals surface area contributed by atoms with Crippen LogP contribution in [0.4, 0.5) is 0 Å². The van der Waals surface area contributed by atoms with Gasteiger partial charge in [-0.2, -0.15) is 0 Å². The fourth-order valence-corrected chi connectivity index (χ4v) is 0.289. The molecule has 1 rings (SSSR count). The van der Waals surface area contributed by atoms with E-state index in [4.69, 9.17) is 4.11 Å². The van der Waals surface area contributed by atoms with Gasteiger partial charge in [-0.15, -0.1) is 12.4 Å². The van der Waals surface area contributed by atoms with Crippen molar-refractivity contribution >= 4 is 12.4 Å². The van der Waals surface area contributed by atoms with Gasteiger partial charge >= 0.3 is 0 Å². The van der Waals surface area contributed by atoms with Crippen molar-refractivity contribution < 1.29 is 4.11 Å². The molecule has 0 amide bonds. The van der Waals surface area contributed by atoms with Gasteiger partial charge in [0.25, 0.3) is 0 Å². The Morgan fingerprint density at radius 1 is 2.00 bits per heavy atom. The van der Waals surface area contributed by atoms with Gasteiger partial charge in [0, 0.05) is 10.2 Å². The Labute approximate surface area is 48.7 Å². The Hall–Kier alpha value is 0.250. The molecule has 38 valence electrons. The van der Waals surface area contributed by atoms with Crippen LogP contribution in [0.5, 0.6) is 0 Å². The van der Waals surface area contributed by atoms with Crippen LogP contribution in [0.25, 0.3) is 0 Å². The molecule has 1 aliphatic heterocycles. The first-order valence-electron chi connectivity index (χ1n) is 3.34. The van der Waals surface area contributed by atoms with E-state index in [1.807, 2.05) is 0 Å². The Kier molecular flexibility index (Phi) is 1.02. The van der Waals surface area contributed by atoms with E-state index in [2.05, 4.69) is 5.32 Å². The summed E-state index contributed by atoms with van der Waals surface area (Å²) >= 11 is 0. The summed E-state index contributed by atoms with van der Waals surface area (Å²) in [7, 11) is 0. The summed E-state index contributed by atoms with van der Waals surface area (Å²) in [6.45, 7) is -0.901. The second kappa shape index (κ2) is 2.43. The van der Waals surface area contributed by atoms with E-state index in [9.17, 15) is 0 Å². The van der Waals surface area contributed by atoms with Crippen molar-refractivity contribution in [3.05, 3.63) is 0 Å². The Morgan fingerprint density at radius 2 is 2.67 bits per heavy atom. The summed E-state index contributed by atoms with van der Waals surface area (Å²) in [6, 6.07) is -0.220. The monoisotopic (exact) mass is 110 g/mol. The van der Waals surface area contributed by atoms with Crippen LogP contribution in [0.15, 0.2) is 0 Å². The summed E-state index contributed by atoms with van der Waals surface area (Å²) < 4.78 is 20.6. The van der Waals surface area contributed by atoms with E-state index in [1.54, 1.807) is 0 Å². The van der Waals surface area contributed by atoms with Crippen molar-refractivity contribution in [2.45, 2.75) is 19.3 Å². The molecular weight excluding hydrogens is 97.5 g/mol. The first-order valence-corrected chi connectivity index (χ1v) is 1.84. The highest BCUT2D eigenvalue weighted by atomic mass is 35.5. The highest BCUT2D eigenvalue weighted by Crippen LogP contribution is 1.96. The van der Waals surface area contributed by atoms with Crippen molar-refractivity contribution in [2.24, 2.45) is 0 Å². The lowest BCUT2D eigenvalue weighted by atomic mass is 10.1. The SMILES string of the molecule is Cl.[2H]C([2H])([2H])C1CCN1. The molecule has 0 aliphatic carbocycles. The van der Waals surface area contributed by atoms with E-state index in [0.717, 1.165) is 13.0 Å². The fraction of sp³-hybridized carbons (Fsp3) is 1.00. The summed E-state index contributed by atoms with van der Waals surface area (Å²) in [5, 5.41) is 2.82. The summed E-state index contributed by atoms with van der Waals surface area (Å²) in [6.07, 6.45) is 0.802. The maximum absolute atomic E-state index is 6.86. The van der Waals surface area contributed by atoms with E-state index < -0.39 is 6.85 Å². The fourth-order valence-electron chi connectivity index (χ4n) is 0.289. The number of nitrogens with one attached hydrogen (secondary N) is 1. The van der Waals surface area contributed by atoms with E-state index in [1.165, 1.54) is 0 Å². The molecular formula is C4H10ClN. The minimum atomic E-state index is -1.77. The summed E-state index contributed by atoms with van der Waals surface area (Å²) in [5.41, 5.74) is 0. The third-order valence-corrected chi connectivity index (χ3v) is 0.824. The Bertz CT molecular complexity index is 88.3. The van der Waals surface area contributed by atoms with Gasteiger partial charge in [-0.25, -0.2) is 0 Å². The van der Waals surface area contributed by atoms with E-state index in [-0.39, 0.29) is 18.4 Å². The average molecular weight is 111 g/mol. The molecule has 1 unspecified atom stereocenters. The molecule has 0 aromatic carbocycles. The highest BCUT2D eigenvalue weighted by Gasteiger charge is 2.07. The highest BCUT2D eigenvalue weighted by molar-refractivity contribution is 5.85. The second-order valence-electron chi connectivity index (χ2n) is 1.30. The molecule has 0 aromatic rings. The number of hydrogen-bond acceptors (Lipinski definition) is 1. The van der Waals surface area contributed by atoms with Gasteiger partial charge in [-0.05, 0) is 19.8 Å². The lowest BCUT2D eigenvalue weighted by Gasteiger charge is -2.22. The van der Waals surface area contributed by atoms with Crippen molar-refractivity contribution in [3.63, 3.8) is 0 Å². The van der Waals surface area contributed by atoms with Crippen LogP contribution in [0, 0.1) is 0 Å². The van der Waals surface area contributed by atoms with Gasteiger partial charge in [-0.1, -0.05) is 0 Å². The molecule has 1 N–H and O–H groups in total. The van der Waals surface area contributed by atoms with Crippen molar-refractivity contribution in [2.75, 3.05) is 6.54 Å². The molecule has 1 heterocycles. The van der Waals surface area contributed by atoms with Crippen LogP contribution in [0.3, 0.4) is 0 Å². The van der Waals surface area contributed by atoms with Gasteiger partial charge in [0.2, 0.25) is 0 Å². The largest absolute Gasteiger partial charge is 0.314 e. The molecule has 0 bridgehead atoms. The van der Waals surface area contributed by atoms with Crippen LogP contribution in [-0.4, -0.2) is 12.6 Å². The topological polar surface area (TPSA) is 12.0 Å². The first kappa shape index (κ1) is 2.53. The van der Waals surface area contributed by atoms with Gasteiger partial charge in [0.05, 0.1) is 0 Å². The lowest BCUT2D eigenvalue weighted by molar-refractivity contribution is 0.399. The average Bonchev–Trinajstić information content (AvgIpc) is 1.16. The molecule has 0 radical (unpaired) electrons. The van der Waals surface area contributed by atoms with Crippen LogP contribution >= 0.6 is 12.4 Å². The zero-order chi connectivity index (χ0) is 6.20. The molecule has 1 saturated heterocycles. The van der Waals surface area contributed by atoms with Crippen LogP contribution in [-0.2, 0) is 0 Å². The molecule has 0 aromatic heterocycles. The number of halogens is 1. The maximum atomic E-state index is 6.86. The molecule has 2 heteroatoms. The standard InChI is InChI=1S/C4H9N.ClH/c1-4-2-3-5-4;/h4-5H,2-3H2,1H3;1H/i1D3;. The van der Waals surface area contributed by atoms with Gasteiger partial charge in [0.1, 0.15) is 0 Å². The normalized spacial score (nSPS) is 40.0. The molecule has 0 spiro atoms. The third-order valence-electron chi connectivity index (χ3n) is 0.824. The van der Waals surface area contributed by atoms with Crippen molar-refractivity contribution in [1.82, 2.24) is 5.32 Å². The molecule has 0 saturated carbocycles. The van der Waals surface area contributed by atoms with Gasteiger partial charge in [-0.3, -0.25) is 0 Å². The molecule has 1 nitrogen and oxygen atoms in total. The van der Waals surface area contributed by atoms with Crippen LogP contribution in [0.1, 0.15) is 17.4 Å². The second-order valence-corrected chi connectivity index (χ2v) is 1.30. The molecule has 1 fully saturated rings.